The number of halogens is 1. The molecule has 1 heterocycles. The van der Waals surface area contributed by atoms with Gasteiger partial charge < -0.3 is 14.4 Å². The smallest absolute Gasteiger partial charge is 0.262 e. The molecule has 0 N–H and O–H groups in total. The SMILES string of the molecule is COCCN(CC(=O)N1N=C(c2cccc(OC)c2)CC1c1ccccc1Cl)C(C)=O. The van der Waals surface area contributed by atoms with Gasteiger partial charge in [0, 0.05) is 37.6 Å². The van der Waals surface area contributed by atoms with E-state index in [0.717, 1.165) is 16.8 Å². The fourth-order valence-corrected chi connectivity index (χ4v) is 3.75. The van der Waals surface area contributed by atoms with E-state index in [4.69, 9.17) is 21.1 Å². The molecule has 31 heavy (non-hydrogen) atoms. The summed E-state index contributed by atoms with van der Waals surface area (Å²) in [6, 6.07) is 14.6. The van der Waals surface area contributed by atoms with Crippen LogP contribution >= 0.6 is 11.6 Å². The molecule has 0 fully saturated rings. The van der Waals surface area contributed by atoms with Crippen LogP contribution in [0.3, 0.4) is 0 Å². The number of carbonyl (C=O) groups excluding carboxylic acids is 2. The van der Waals surface area contributed by atoms with Gasteiger partial charge in [0.1, 0.15) is 12.3 Å². The maximum Gasteiger partial charge on any atom is 0.262 e. The van der Waals surface area contributed by atoms with Crippen molar-refractivity contribution in [2.75, 3.05) is 33.9 Å². The van der Waals surface area contributed by atoms with E-state index in [1.165, 1.54) is 16.8 Å². The van der Waals surface area contributed by atoms with E-state index in [2.05, 4.69) is 5.10 Å². The number of hydrogen-bond acceptors (Lipinski definition) is 5. The predicted octanol–water partition coefficient (Wildman–Crippen LogP) is 3.52. The fraction of sp³-hybridized carbons (Fsp3) is 0.348. The van der Waals surface area contributed by atoms with Gasteiger partial charge in [-0.1, -0.05) is 41.9 Å². The maximum atomic E-state index is 13.2. The number of nitrogens with zero attached hydrogens (tertiary/aromatic N) is 3. The lowest BCUT2D eigenvalue weighted by atomic mass is 9.98. The van der Waals surface area contributed by atoms with Crippen LogP contribution in [0.5, 0.6) is 5.75 Å². The summed E-state index contributed by atoms with van der Waals surface area (Å²) in [4.78, 5) is 26.7. The highest BCUT2D eigenvalue weighted by Gasteiger charge is 2.35. The minimum atomic E-state index is -0.362. The third kappa shape index (κ3) is 5.42. The van der Waals surface area contributed by atoms with Crippen molar-refractivity contribution in [1.29, 1.82) is 0 Å². The van der Waals surface area contributed by atoms with Crippen molar-refractivity contribution in [3.05, 3.63) is 64.7 Å². The number of rotatable bonds is 8. The molecule has 1 aliphatic heterocycles. The first-order chi connectivity index (χ1) is 14.9. The summed E-state index contributed by atoms with van der Waals surface area (Å²) < 4.78 is 10.4. The lowest BCUT2D eigenvalue weighted by Crippen LogP contribution is -2.41. The number of methoxy groups -OCH3 is 2. The van der Waals surface area contributed by atoms with Gasteiger partial charge in [0.05, 0.1) is 25.5 Å². The van der Waals surface area contributed by atoms with E-state index >= 15 is 0 Å². The first-order valence-corrected chi connectivity index (χ1v) is 10.3. The summed E-state index contributed by atoms with van der Waals surface area (Å²) in [7, 11) is 3.16. The van der Waals surface area contributed by atoms with Crippen LogP contribution < -0.4 is 4.74 Å². The van der Waals surface area contributed by atoms with E-state index in [1.807, 2.05) is 42.5 Å². The Balaban J connectivity index is 1.93. The molecule has 0 aliphatic carbocycles. The molecule has 1 atom stereocenters. The second-order valence-electron chi connectivity index (χ2n) is 7.19. The third-order valence-electron chi connectivity index (χ3n) is 5.17. The van der Waals surface area contributed by atoms with Crippen molar-refractivity contribution in [2.24, 2.45) is 5.10 Å². The van der Waals surface area contributed by atoms with E-state index in [-0.39, 0.29) is 24.4 Å². The van der Waals surface area contributed by atoms with Gasteiger partial charge in [-0.2, -0.15) is 5.10 Å². The minimum absolute atomic E-state index is 0.0888. The molecule has 7 nitrogen and oxygen atoms in total. The molecule has 0 bridgehead atoms. The number of amides is 2. The van der Waals surface area contributed by atoms with Crippen molar-refractivity contribution < 1.29 is 19.1 Å². The van der Waals surface area contributed by atoms with Gasteiger partial charge in [-0.3, -0.25) is 9.59 Å². The van der Waals surface area contributed by atoms with Crippen LogP contribution in [0.4, 0.5) is 0 Å². The Morgan fingerprint density at radius 3 is 2.65 bits per heavy atom. The lowest BCUT2D eigenvalue weighted by Gasteiger charge is -2.26. The van der Waals surface area contributed by atoms with Crippen LogP contribution in [0.25, 0.3) is 0 Å². The van der Waals surface area contributed by atoms with Crippen LogP contribution in [0, 0.1) is 0 Å². The fourth-order valence-electron chi connectivity index (χ4n) is 3.49. The second kappa shape index (κ2) is 10.4. The molecule has 0 saturated carbocycles. The van der Waals surface area contributed by atoms with Crippen LogP contribution in [0.2, 0.25) is 5.02 Å². The third-order valence-corrected chi connectivity index (χ3v) is 5.51. The highest BCUT2D eigenvalue weighted by atomic mass is 35.5. The van der Waals surface area contributed by atoms with Crippen molar-refractivity contribution in [2.45, 2.75) is 19.4 Å². The van der Waals surface area contributed by atoms with Crippen molar-refractivity contribution >= 4 is 29.1 Å². The first kappa shape index (κ1) is 22.8. The summed E-state index contributed by atoms with van der Waals surface area (Å²) in [6.07, 6.45) is 0.501. The van der Waals surface area contributed by atoms with E-state index in [1.54, 1.807) is 20.3 Å². The largest absolute Gasteiger partial charge is 0.497 e. The molecule has 0 spiro atoms. The zero-order valence-corrected chi connectivity index (χ0v) is 18.6. The molecule has 164 valence electrons. The van der Waals surface area contributed by atoms with Gasteiger partial charge in [0.25, 0.3) is 5.91 Å². The normalized spacial score (nSPS) is 15.5. The van der Waals surface area contributed by atoms with Gasteiger partial charge in [-0.05, 0) is 23.8 Å². The van der Waals surface area contributed by atoms with Gasteiger partial charge in [0.2, 0.25) is 5.91 Å². The monoisotopic (exact) mass is 443 g/mol. The quantitative estimate of drug-likeness (QED) is 0.625. The Bertz CT molecular complexity index is 979. The second-order valence-corrected chi connectivity index (χ2v) is 7.60. The molecule has 0 aromatic heterocycles. The van der Waals surface area contributed by atoms with Gasteiger partial charge in [0.15, 0.2) is 0 Å². The molecule has 1 aliphatic rings. The van der Waals surface area contributed by atoms with Crippen LogP contribution in [-0.2, 0) is 14.3 Å². The number of ether oxygens (including phenoxy) is 2. The van der Waals surface area contributed by atoms with Crippen LogP contribution in [0.1, 0.15) is 30.5 Å². The maximum absolute atomic E-state index is 13.2. The van der Waals surface area contributed by atoms with Gasteiger partial charge in [-0.15, -0.1) is 0 Å². The van der Waals surface area contributed by atoms with Gasteiger partial charge in [-0.25, -0.2) is 5.01 Å². The molecule has 0 radical (unpaired) electrons. The number of carbonyl (C=O) groups is 2. The van der Waals surface area contributed by atoms with E-state index in [0.29, 0.717) is 30.3 Å². The summed E-state index contributed by atoms with van der Waals surface area (Å²) >= 11 is 6.45. The molecule has 0 saturated heterocycles. The van der Waals surface area contributed by atoms with E-state index in [9.17, 15) is 9.59 Å². The first-order valence-electron chi connectivity index (χ1n) is 9.97. The minimum Gasteiger partial charge on any atom is -0.497 e. The van der Waals surface area contributed by atoms with Crippen molar-refractivity contribution in [1.82, 2.24) is 9.91 Å². The molecule has 3 rings (SSSR count). The topological polar surface area (TPSA) is 71.4 Å². The molecule has 2 aromatic rings. The Kier molecular flexibility index (Phi) is 7.65. The standard InChI is InChI=1S/C23H26ClN3O4/c1-16(28)26(11-12-30-2)15-23(29)27-22(19-9-4-5-10-20(19)24)14-21(25-27)17-7-6-8-18(13-17)31-3/h4-10,13,22H,11-12,14-15H2,1-3H3. The van der Waals surface area contributed by atoms with E-state index < -0.39 is 0 Å². The molecule has 2 aromatic carbocycles. The average Bonchev–Trinajstić information content (AvgIpc) is 3.22. The molecule has 8 heteroatoms. The molecule has 1 unspecified atom stereocenters. The highest BCUT2D eigenvalue weighted by molar-refractivity contribution is 6.31. The molecular formula is C23H26ClN3O4. The summed E-state index contributed by atoms with van der Waals surface area (Å²) in [5, 5.41) is 6.65. The zero-order valence-electron chi connectivity index (χ0n) is 17.9. The Labute approximate surface area is 187 Å². The predicted molar refractivity (Wildman–Crippen MR) is 119 cm³/mol. The molecule has 2 amide bonds. The summed E-state index contributed by atoms with van der Waals surface area (Å²) in [6.45, 7) is 2.02. The lowest BCUT2D eigenvalue weighted by molar-refractivity contribution is -0.141. The van der Waals surface area contributed by atoms with Crippen molar-refractivity contribution in [3.8, 4) is 5.75 Å². The highest BCUT2D eigenvalue weighted by Crippen LogP contribution is 2.36. The Hall–Kier alpha value is -2.90. The van der Waals surface area contributed by atoms with Crippen molar-refractivity contribution in [3.63, 3.8) is 0 Å². The number of hydrogen-bond donors (Lipinski definition) is 0. The van der Waals surface area contributed by atoms with Crippen LogP contribution in [-0.4, -0.2) is 61.4 Å². The molecular weight excluding hydrogens is 418 g/mol. The number of hydrazone groups is 1. The Morgan fingerprint density at radius 1 is 1.19 bits per heavy atom. The number of benzene rings is 2. The van der Waals surface area contributed by atoms with Gasteiger partial charge >= 0.3 is 0 Å². The van der Waals surface area contributed by atoms with Crippen LogP contribution in [0.15, 0.2) is 53.6 Å². The summed E-state index contributed by atoms with van der Waals surface area (Å²) in [5.41, 5.74) is 2.43. The zero-order chi connectivity index (χ0) is 22.4. The summed E-state index contributed by atoms with van der Waals surface area (Å²) in [5.74, 6) is 0.228. The average molecular weight is 444 g/mol. The Morgan fingerprint density at radius 2 is 1.97 bits per heavy atom.